The largest absolute Gasteiger partial charge is 0.453 e. The minimum atomic E-state index is -0.514. The smallest absolute Gasteiger partial charge is 0.384 e. The van der Waals surface area contributed by atoms with Gasteiger partial charge in [-0.05, 0) is 20.8 Å². The van der Waals surface area contributed by atoms with Crippen LogP contribution in [0.3, 0.4) is 0 Å². The van der Waals surface area contributed by atoms with Crippen molar-refractivity contribution in [3.63, 3.8) is 0 Å². The molecule has 0 fully saturated rings. The van der Waals surface area contributed by atoms with E-state index in [1.165, 1.54) is 0 Å². The van der Waals surface area contributed by atoms with E-state index in [0.29, 0.717) is 0 Å². The van der Waals surface area contributed by atoms with Crippen molar-refractivity contribution in [2.75, 3.05) is 0 Å². The van der Waals surface area contributed by atoms with Gasteiger partial charge in [-0.1, -0.05) is 5.92 Å². The molecule has 2 nitrogen and oxygen atoms in total. The number of rotatable bonds is 1. The maximum Gasteiger partial charge on any atom is 0.384 e. The second-order valence-corrected chi connectivity index (χ2v) is 1.59. The highest BCUT2D eigenvalue weighted by molar-refractivity contribution is 5.88. The van der Waals surface area contributed by atoms with E-state index in [-0.39, 0.29) is 6.10 Å². The Morgan fingerprint density at radius 1 is 1.78 bits per heavy atom. The topological polar surface area (TPSA) is 26.3 Å². The second kappa shape index (κ2) is 3.96. The van der Waals surface area contributed by atoms with Crippen molar-refractivity contribution in [2.24, 2.45) is 0 Å². The third kappa shape index (κ3) is 4.89. The van der Waals surface area contributed by atoms with Crippen LogP contribution in [0.15, 0.2) is 0 Å². The van der Waals surface area contributed by atoms with Crippen LogP contribution in [0.5, 0.6) is 0 Å². The quantitative estimate of drug-likeness (QED) is 0.294. The maximum absolute atomic E-state index is 10.4. The summed E-state index contributed by atoms with van der Waals surface area (Å²) in [7, 11) is 0. The lowest BCUT2D eigenvalue weighted by molar-refractivity contribution is -0.139. The minimum Gasteiger partial charge on any atom is -0.453 e. The first-order valence-electron chi connectivity index (χ1n) is 2.63. The molecular formula is C7H9O2. The fourth-order valence-electron chi connectivity index (χ4n) is 0.314. The molecule has 1 unspecified atom stereocenters. The fourth-order valence-corrected chi connectivity index (χ4v) is 0.314. The maximum atomic E-state index is 10.4. The number of ether oxygens (including phenoxy) is 1. The highest BCUT2D eigenvalue weighted by Crippen LogP contribution is 1.85. The molecule has 0 saturated heterocycles. The van der Waals surface area contributed by atoms with Crippen LogP contribution in [-0.2, 0) is 9.53 Å². The zero-order valence-electron chi connectivity index (χ0n) is 5.60. The van der Waals surface area contributed by atoms with Gasteiger partial charge in [-0.2, -0.15) is 0 Å². The van der Waals surface area contributed by atoms with Gasteiger partial charge in [0.2, 0.25) is 0 Å². The SMILES string of the molecule is [CH2]C(C)OC(=O)C#CC. The zero-order valence-corrected chi connectivity index (χ0v) is 5.60. The van der Waals surface area contributed by atoms with E-state index in [2.05, 4.69) is 23.5 Å². The van der Waals surface area contributed by atoms with E-state index in [1.807, 2.05) is 0 Å². The van der Waals surface area contributed by atoms with Crippen LogP contribution in [-0.4, -0.2) is 12.1 Å². The van der Waals surface area contributed by atoms with Gasteiger partial charge in [0.15, 0.2) is 0 Å². The van der Waals surface area contributed by atoms with Crippen molar-refractivity contribution in [3.8, 4) is 11.8 Å². The van der Waals surface area contributed by atoms with Crippen LogP contribution in [0.25, 0.3) is 0 Å². The van der Waals surface area contributed by atoms with Crippen molar-refractivity contribution in [2.45, 2.75) is 20.0 Å². The fraction of sp³-hybridized carbons (Fsp3) is 0.429. The molecule has 9 heavy (non-hydrogen) atoms. The van der Waals surface area contributed by atoms with Crippen LogP contribution in [0, 0.1) is 18.8 Å². The summed E-state index contributed by atoms with van der Waals surface area (Å²) in [4.78, 5) is 10.4. The predicted molar refractivity (Wildman–Crippen MR) is 34.4 cm³/mol. The number of hydrogen-bond acceptors (Lipinski definition) is 2. The molecular weight excluding hydrogens is 116 g/mol. The molecule has 0 amide bonds. The lowest BCUT2D eigenvalue weighted by atomic mass is 10.5. The Hall–Kier alpha value is -0.970. The van der Waals surface area contributed by atoms with E-state index in [9.17, 15) is 4.79 Å². The average molecular weight is 125 g/mol. The van der Waals surface area contributed by atoms with Gasteiger partial charge >= 0.3 is 5.97 Å². The molecule has 49 valence electrons. The molecule has 0 aromatic carbocycles. The highest BCUT2D eigenvalue weighted by Gasteiger charge is 1.98. The monoisotopic (exact) mass is 125 g/mol. The van der Waals surface area contributed by atoms with Crippen molar-refractivity contribution in [1.29, 1.82) is 0 Å². The first-order chi connectivity index (χ1) is 4.16. The van der Waals surface area contributed by atoms with Crippen LogP contribution >= 0.6 is 0 Å². The van der Waals surface area contributed by atoms with E-state index in [4.69, 9.17) is 0 Å². The minimum absolute atomic E-state index is 0.321. The van der Waals surface area contributed by atoms with E-state index in [1.54, 1.807) is 13.8 Å². The Labute approximate surface area is 55.2 Å². The lowest BCUT2D eigenvalue weighted by Crippen LogP contribution is -2.08. The third-order valence-corrected chi connectivity index (χ3v) is 0.535. The van der Waals surface area contributed by atoms with Gasteiger partial charge in [0, 0.05) is 5.92 Å². The van der Waals surface area contributed by atoms with Gasteiger partial charge < -0.3 is 4.74 Å². The molecule has 0 aliphatic carbocycles. The molecule has 2 heteroatoms. The molecule has 0 spiro atoms. The van der Waals surface area contributed by atoms with E-state index < -0.39 is 5.97 Å². The Kier molecular flexibility index (Phi) is 3.54. The summed E-state index contributed by atoms with van der Waals surface area (Å²) >= 11 is 0. The van der Waals surface area contributed by atoms with Gasteiger partial charge in [0.1, 0.15) is 6.10 Å². The van der Waals surface area contributed by atoms with Crippen molar-refractivity contribution < 1.29 is 9.53 Å². The summed E-state index contributed by atoms with van der Waals surface area (Å²) in [6.07, 6.45) is -0.321. The number of esters is 1. The molecule has 1 radical (unpaired) electrons. The van der Waals surface area contributed by atoms with Crippen LogP contribution in [0.1, 0.15) is 13.8 Å². The lowest BCUT2D eigenvalue weighted by Gasteiger charge is -2.01. The van der Waals surface area contributed by atoms with Gasteiger partial charge in [-0.25, -0.2) is 4.79 Å². The summed E-state index contributed by atoms with van der Waals surface area (Å²) in [5, 5.41) is 0. The molecule has 0 N–H and O–H groups in total. The van der Waals surface area contributed by atoms with Gasteiger partial charge in [-0.3, -0.25) is 0 Å². The summed E-state index contributed by atoms with van der Waals surface area (Å²) in [6, 6.07) is 0. The summed E-state index contributed by atoms with van der Waals surface area (Å²) < 4.78 is 4.57. The Morgan fingerprint density at radius 2 is 2.33 bits per heavy atom. The van der Waals surface area contributed by atoms with Crippen molar-refractivity contribution in [1.82, 2.24) is 0 Å². The molecule has 0 aromatic rings. The van der Waals surface area contributed by atoms with E-state index >= 15 is 0 Å². The van der Waals surface area contributed by atoms with Gasteiger partial charge in [-0.15, -0.1) is 0 Å². The Morgan fingerprint density at radius 3 is 2.67 bits per heavy atom. The van der Waals surface area contributed by atoms with Gasteiger partial charge in [0.05, 0.1) is 0 Å². The molecule has 0 rings (SSSR count). The highest BCUT2D eigenvalue weighted by atomic mass is 16.5. The number of carbonyl (C=O) groups is 1. The Balaban J connectivity index is 3.60. The Bertz CT molecular complexity index is 148. The standard InChI is InChI=1S/C7H9O2/c1-4-5-7(8)9-6(2)3/h6H,2H2,1,3H3. The van der Waals surface area contributed by atoms with Crippen LogP contribution in [0.4, 0.5) is 0 Å². The summed E-state index contributed by atoms with van der Waals surface area (Å²) in [6.45, 7) is 6.70. The van der Waals surface area contributed by atoms with Crippen molar-refractivity contribution >= 4 is 5.97 Å². The first-order valence-corrected chi connectivity index (χ1v) is 2.63. The summed E-state index contributed by atoms with van der Waals surface area (Å²) in [5.74, 6) is 4.13. The van der Waals surface area contributed by atoms with Crippen molar-refractivity contribution in [3.05, 3.63) is 6.92 Å². The molecule has 1 atom stereocenters. The van der Waals surface area contributed by atoms with Crippen LogP contribution in [0.2, 0.25) is 0 Å². The molecule has 0 bridgehead atoms. The molecule has 0 saturated carbocycles. The molecule has 0 heterocycles. The van der Waals surface area contributed by atoms with Gasteiger partial charge in [0.25, 0.3) is 0 Å². The predicted octanol–water partition coefficient (Wildman–Crippen LogP) is 0.775. The number of carbonyl (C=O) groups excluding carboxylic acids is 1. The molecule has 0 aliphatic heterocycles. The van der Waals surface area contributed by atoms with E-state index in [0.717, 1.165) is 0 Å². The molecule has 0 aromatic heterocycles. The third-order valence-electron chi connectivity index (χ3n) is 0.535. The zero-order chi connectivity index (χ0) is 7.28. The number of hydrogen-bond donors (Lipinski definition) is 0. The second-order valence-electron chi connectivity index (χ2n) is 1.59. The summed E-state index contributed by atoms with van der Waals surface area (Å²) in [5.41, 5.74) is 0. The van der Waals surface area contributed by atoms with Crippen LogP contribution < -0.4 is 0 Å². The first kappa shape index (κ1) is 8.03. The normalized spacial score (nSPS) is 8.00. The molecule has 0 aliphatic rings. The average Bonchev–Trinajstić information content (AvgIpc) is 1.63.